The van der Waals surface area contributed by atoms with E-state index in [1.165, 1.54) is 21.9 Å². The number of hydrogen-bond donors (Lipinski definition) is 1. The van der Waals surface area contributed by atoms with Crippen molar-refractivity contribution in [1.29, 1.82) is 0 Å². The topological polar surface area (TPSA) is 29.9 Å². The average molecular weight is 279 g/mol. The highest BCUT2D eigenvalue weighted by Crippen LogP contribution is 2.30. The van der Waals surface area contributed by atoms with Gasteiger partial charge in [-0.3, -0.25) is 4.68 Å². The van der Waals surface area contributed by atoms with E-state index in [0.717, 1.165) is 12.2 Å². The molecule has 0 radical (unpaired) electrons. The fraction of sp³-hybridized carbons (Fsp3) is 0.278. The van der Waals surface area contributed by atoms with E-state index in [1.807, 2.05) is 11.7 Å². The van der Waals surface area contributed by atoms with Gasteiger partial charge in [0.1, 0.15) is 0 Å². The van der Waals surface area contributed by atoms with Crippen molar-refractivity contribution in [3.63, 3.8) is 0 Å². The molecule has 3 heteroatoms. The van der Waals surface area contributed by atoms with Crippen molar-refractivity contribution in [1.82, 2.24) is 15.1 Å². The molecule has 0 spiro atoms. The smallest absolute Gasteiger partial charge is 0.0644 e. The molecule has 108 valence electrons. The first-order valence-corrected chi connectivity index (χ1v) is 7.42. The predicted molar refractivity (Wildman–Crippen MR) is 87.4 cm³/mol. The van der Waals surface area contributed by atoms with E-state index in [1.54, 1.807) is 0 Å². The van der Waals surface area contributed by atoms with Gasteiger partial charge in [0, 0.05) is 18.8 Å². The van der Waals surface area contributed by atoms with E-state index in [9.17, 15) is 0 Å². The lowest BCUT2D eigenvalue weighted by Gasteiger charge is -2.20. The van der Waals surface area contributed by atoms with E-state index < -0.39 is 0 Å². The Balaban J connectivity index is 2.18. The molecule has 0 saturated heterocycles. The van der Waals surface area contributed by atoms with Crippen molar-refractivity contribution in [2.24, 2.45) is 7.05 Å². The lowest BCUT2D eigenvalue weighted by molar-refractivity contribution is 0.631. The maximum Gasteiger partial charge on any atom is 0.0644 e. The Bertz CT molecular complexity index is 753. The molecule has 0 aliphatic rings. The van der Waals surface area contributed by atoms with Gasteiger partial charge in [0.2, 0.25) is 0 Å². The van der Waals surface area contributed by atoms with E-state index in [2.05, 4.69) is 72.9 Å². The van der Waals surface area contributed by atoms with Gasteiger partial charge in [0.15, 0.2) is 0 Å². The lowest BCUT2D eigenvalue weighted by atomic mass is 9.94. The first kappa shape index (κ1) is 13.8. The van der Waals surface area contributed by atoms with Gasteiger partial charge >= 0.3 is 0 Å². The van der Waals surface area contributed by atoms with Crippen LogP contribution >= 0.6 is 0 Å². The average Bonchev–Trinajstić information content (AvgIpc) is 2.83. The maximum atomic E-state index is 4.50. The summed E-state index contributed by atoms with van der Waals surface area (Å²) in [6.45, 7) is 5.14. The highest BCUT2D eigenvalue weighted by molar-refractivity contribution is 5.86. The first-order chi connectivity index (χ1) is 10.2. The number of hydrogen-bond acceptors (Lipinski definition) is 2. The van der Waals surface area contributed by atoms with Gasteiger partial charge in [-0.2, -0.15) is 5.10 Å². The minimum absolute atomic E-state index is 0.176. The van der Waals surface area contributed by atoms with Crippen molar-refractivity contribution in [3.8, 4) is 0 Å². The molecule has 0 aliphatic carbocycles. The Kier molecular flexibility index (Phi) is 3.76. The van der Waals surface area contributed by atoms with Gasteiger partial charge in [0.25, 0.3) is 0 Å². The summed E-state index contributed by atoms with van der Waals surface area (Å²) < 4.78 is 1.89. The van der Waals surface area contributed by atoms with Gasteiger partial charge in [-0.1, -0.05) is 49.4 Å². The largest absolute Gasteiger partial charge is 0.306 e. The summed E-state index contributed by atoms with van der Waals surface area (Å²) >= 11 is 0. The molecule has 3 aromatic rings. The second-order valence-electron chi connectivity index (χ2n) is 5.40. The van der Waals surface area contributed by atoms with Gasteiger partial charge in [0.05, 0.1) is 11.7 Å². The number of aryl methyl sites for hydroxylation is 2. The molecular formula is C18H21N3. The number of fused-ring (bicyclic) bond motifs is 1. The molecule has 1 heterocycles. The van der Waals surface area contributed by atoms with Crippen LogP contribution in [0, 0.1) is 6.92 Å². The standard InChI is InChI=1S/C18H21N3/c1-4-19-18(17-12-21(3)20-13(17)2)16-11-7-9-14-8-5-6-10-15(14)16/h5-12,18-19H,4H2,1-3H3. The zero-order valence-corrected chi connectivity index (χ0v) is 12.8. The lowest BCUT2D eigenvalue weighted by Crippen LogP contribution is -2.22. The van der Waals surface area contributed by atoms with Crippen molar-refractivity contribution >= 4 is 10.8 Å². The summed E-state index contributed by atoms with van der Waals surface area (Å²) in [6.07, 6.45) is 2.12. The summed E-state index contributed by atoms with van der Waals surface area (Å²) in [5.41, 5.74) is 3.64. The van der Waals surface area contributed by atoms with Gasteiger partial charge in [-0.05, 0) is 29.8 Å². The minimum atomic E-state index is 0.176. The highest BCUT2D eigenvalue weighted by Gasteiger charge is 2.19. The molecule has 1 atom stereocenters. The number of nitrogens with zero attached hydrogens (tertiary/aromatic N) is 2. The van der Waals surface area contributed by atoms with Crippen molar-refractivity contribution in [2.75, 3.05) is 6.54 Å². The molecule has 2 aromatic carbocycles. The third-order valence-corrected chi connectivity index (χ3v) is 3.91. The van der Waals surface area contributed by atoms with Crippen LogP contribution in [-0.4, -0.2) is 16.3 Å². The van der Waals surface area contributed by atoms with Crippen LogP contribution in [0.3, 0.4) is 0 Å². The van der Waals surface area contributed by atoms with Crippen LogP contribution in [0.2, 0.25) is 0 Å². The molecule has 0 aliphatic heterocycles. The van der Waals surface area contributed by atoms with Crippen LogP contribution < -0.4 is 5.32 Å². The molecule has 0 bridgehead atoms. The van der Waals surface area contributed by atoms with E-state index in [-0.39, 0.29) is 6.04 Å². The van der Waals surface area contributed by atoms with E-state index in [0.29, 0.717) is 0 Å². The molecule has 0 saturated carbocycles. The Morgan fingerprint density at radius 1 is 1.10 bits per heavy atom. The zero-order chi connectivity index (χ0) is 14.8. The summed E-state index contributed by atoms with van der Waals surface area (Å²) in [6, 6.07) is 15.2. The fourth-order valence-electron chi connectivity index (χ4n) is 3.00. The zero-order valence-electron chi connectivity index (χ0n) is 12.8. The SMILES string of the molecule is CCNC(c1cn(C)nc1C)c1cccc2ccccc12. The van der Waals surface area contributed by atoms with Crippen LogP contribution in [0.5, 0.6) is 0 Å². The number of aromatic nitrogens is 2. The van der Waals surface area contributed by atoms with Gasteiger partial charge in [-0.25, -0.2) is 0 Å². The first-order valence-electron chi connectivity index (χ1n) is 7.42. The molecule has 3 nitrogen and oxygen atoms in total. The van der Waals surface area contributed by atoms with Gasteiger partial charge < -0.3 is 5.32 Å². The fourth-order valence-corrected chi connectivity index (χ4v) is 3.00. The third-order valence-electron chi connectivity index (χ3n) is 3.91. The molecular weight excluding hydrogens is 258 g/mol. The molecule has 1 aromatic heterocycles. The van der Waals surface area contributed by atoms with Crippen LogP contribution in [-0.2, 0) is 7.05 Å². The van der Waals surface area contributed by atoms with Crippen LogP contribution in [0.4, 0.5) is 0 Å². The molecule has 1 N–H and O–H groups in total. The predicted octanol–water partition coefficient (Wildman–Crippen LogP) is 3.58. The van der Waals surface area contributed by atoms with Crippen molar-refractivity contribution in [3.05, 3.63) is 65.5 Å². The summed E-state index contributed by atoms with van der Waals surface area (Å²) in [7, 11) is 1.97. The van der Waals surface area contributed by atoms with E-state index >= 15 is 0 Å². The Labute approximate surface area is 125 Å². The molecule has 3 rings (SSSR count). The minimum Gasteiger partial charge on any atom is -0.306 e. The molecule has 0 fully saturated rings. The number of rotatable bonds is 4. The molecule has 1 unspecified atom stereocenters. The monoisotopic (exact) mass is 279 g/mol. The molecule has 21 heavy (non-hydrogen) atoms. The quantitative estimate of drug-likeness (QED) is 0.791. The Hall–Kier alpha value is -2.13. The summed E-state index contributed by atoms with van der Waals surface area (Å²) in [5, 5.41) is 10.7. The van der Waals surface area contributed by atoms with Crippen LogP contribution in [0.1, 0.15) is 29.8 Å². The maximum absolute atomic E-state index is 4.50. The third kappa shape index (κ3) is 2.57. The van der Waals surface area contributed by atoms with Crippen LogP contribution in [0.15, 0.2) is 48.7 Å². The van der Waals surface area contributed by atoms with Crippen LogP contribution in [0.25, 0.3) is 10.8 Å². The summed E-state index contributed by atoms with van der Waals surface area (Å²) in [4.78, 5) is 0. The van der Waals surface area contributed by atoms with Gasteiger partial charge in [-0.15, -0.1) is 0 Å². The second kappa shape index (κ2) is 5.70. The normalized spacial score (nSPS) is 12.7. The molecule has 0 amide bonds. The summed E-state index contributed by atoms with van der Waals surface area (Å²) in [5.74, 6) is 0. The van der Waals surface area contributed by atoms with Crippen molar-refractivity contribution in [2.45, 2.75) is 19.9 Å². The number of nitrogens with one attached hydrogen (secondary N) is 1. The highest BCUT2D eigenvalue weighted by atomic mass is 15.3. The second-order valence-corrected chi connectivity index (χ2v) is 5.40. The Morgan fingerprint density at radius 3 is 2.57 bits per heavy atom. The van der Waals surface area contributed by atoms with E-state index in [4.69, 9.17) is 0 Å². The van der Waals surface area contributed by atoms with Crippen molar-refractivity contribution < 1.29 is 0 Å². The number of benzene rings is 2. The Morgan fingerprint density at radius 2 is 1.86 bits per heavy atom.